The molecule has 39 heavy (non-hydrogen) atoms. The summed E-state index contributed by atoms with van der Waals surface area (Å²) in [4.78, 5) is 39.9. The number of benzene rings is 2. The van der Waals surface area contributed by atoms with Crippen LogP contribution in [0, 0.1) is 11.8 Å². The standard InChI is InChI=1S/C29H29ClN2O7/c1-13(14-6-4-3-5-7-14)32(2)12-16-10-19(33)22-18(24(16)30)9-15-8-17-11-20(34)23(28(31)38)27(37)29(17,39)26(36)21(15)25(22)35/h3-7,10,13,15,17,33,35,37,39H,8-9,11-12H2,1-2H3,(H2,31,38)/t13?,15?,17-,29-/m0/s1. The number of aliphatic hydroxyl groups is 3. The van der Waals surface area contributed by atoms with E-state index in [9.17, 15) is 34.8 Å². The van der Waals surface area contributed by atoms with Crippen LogP contribution in [-0.2, 0) is 27.3 Å². The molecule has 1 saturated carbocycles. The lowest BCUT2D eigenvalue weighted by molar-refractivity contribution is -0.147. The van der Waals surface area contributed by atoms with E-state index in [1.165, 1.54) is 6.07 Å². The van der Waals surface area contributed by atoms with Crippen LogP contribution in [0.2, 0.25) is 5.02 Å². The third-order valence-electron chi connectivity index (χ3n) is 8.43. The summed E-state index contributed by atoms with van der Waals surface area (Å²) in [6.07, 6.45) is -0.162. The zero-order chi connectivity index (χ0) is 28.4. The summed E-state index contributed by atoms with van der Waals surface area (Å²) < 4.78 is 0. The fourth-order valence-electron chi connectivity index (χ4n) is 6.23. The molecule has 0 saturated heterocycles. The molecule has 1 amide bonds. The van der Waals surface area contributed by atoms with Crippen molar-refractivity contribution < 1.29 is 34.8 Å². The van der Waals surface area contributed by atoms with E-state index in [1.807, 2.05) is 37.4 Å². The quantitative estimate of drug-likeness (QED) is 0.353. The van der Waals surface area contributed by atoms with Crippen molar-refractivity contribution >= 4 is 34.8 Å². The number of carbonyl (C=O) groups excluding carboxylic acids is 3. The molecular formula is C29H29ClN2O7. The molecule has 5 rings (SSSR count). The second-order valence-corrected chi connectivity index (χ2v) is 11.0. The molecule has 9 nitrogen and oxygen atoms in total. The summed E-state index contributed by atoms with van der Waals surface area (Å²) in [6, 6.07) is 11.4. The van der Waals surface area contributed by atoms with Crippen molar-refractivity contribution in [1.29, 1.82) is 0 Å². The highest BCUT2D eigenvalue weighted by molar-refractivity contribution is 6.32. The molecule has 204 valence electrons. The molecule has 3 aliphatic rings. The molecule has 1 fully saturated rings. The highest BCUT2D eigenvalue weighted by Gasteiger charge is 2.60. The molecule has 0 radical (unpaired) electrons. The Balaban J connectivity index is 1.55. The van der Waals surface area contributed by atoms with Crippen LogP contribution in [0.4, 0.5) is 0 Å². The maximum absolute atomic E-state index is 13.6. The van der Waals surface area contributed by atoms with E-state index in [-0.39, 0.29) is 42.2 Å². The van der Waals surface area contributed by atoms with Crippen molar-refractivity contribution in [1.82, 2.24) is 4.90 Å². The maximum Gasteiger partial charge on any atom is 0.255 e. The Bertz CT molecular complexity index is 1480. The highest BCUT2D eigenvalue weighted by Crippen LogP contribution is 2.53. The van der Waals surface area contributed by atoms with E-state index in [0.717, 1.165) is 5.56 Å². The average molecular weight is 553 g/mol. The number of aliphatic hydroxyl groups excluding tert-OH is 2. The average Bonchev–Trinajstić information content (AvgIpc) is 2.88. The van der Waals surface area contributed by atoms with Crippen LogP contribution in [0.1, 0.15) is 48.1 Å². The molecule has 0 heterocycles. The second kappa shape index (κ2) is 9.51. The summed E-state index contributed by atoms with van der Waals surface area (Å²) >= 11 is 6.83. The Morgan fingerprint density at radius 1 is 1.18 bits per heavy atom. The van der Waals surface area contributed by atoms with Crippen molar-refractivity contribution in [2.45, 2.75) is 44.4 Å². The minimum absolute atomic E-state index is 0.0189. The first-order valence-electron chi connectivity index (χ1n) is 12.6. The normalized spacial score (nSPS) is 25.4. The highest BCUT2D eigenvalue weighted by atomic mass is 35.5. The first kappa shape index (κ1) is 26.9. The Kier molecular flexibility index (Phi) is 6.57. The molecule has 10 heteroatoms. The molecule has 2 unspecified atom stereocenters. The number of phenols is 1. The van der Waals surface area contributed by atoms with E-state index >= 15 is 0 Å². The number of fused-ring (bicyclic) bond motifs is 3. The largest absolute Gasteiger partial charge is 0.508 e. The van der Waals surface area contributed by atoms with Crippen molar-refractivity contribution in [3.63, 3.8) is 0 Å². The molecule has 0 aliphatic heterocycles. The number of amides is 1. The number of nitrogens with zero attached hydrogens (tertiary/aromatic N) is 1. The van der Waals surface area contributed by atoms with Crippen LogP contribution >= 0.6 is 11.6 Å². The number of rotatable bonds is 5. The summed E-state index contributed by atoms with van der Waals surface area (Å²) in [5, 5.41) is 44.5. The van der Waals surface area contributed by atoms with Gasteiger partial charge in [-0.2, -0.15) is 0 Å². The Labute approximate surface area is 229 Å². The summed E-state index contributed by atoms with van der Waals surface area (Å²) in [6.45, 7) is 2.44. The predicted octanol–water partition coefficient (Wildman–Crippen LogP) is 3.27. The molecule has 0 aromatic heterocycles. The van der Waals surface area contributed by atoms with Crippen LogP contribution in [0.5, 0.6) is 5.75 Å². The number of Topliss-reactive ketones (excluding diaryl/α,β-unsaturated/α-hetero) is 2. The van der Waals surface area contributed by atoms with Crippen molar-refractivity contribution in [2.75, 3.05) is 7.05 Å². The summed E-state index contributed by atoms with van der Waals surface area (Å²) in [5.74, 6) is -6.66. The number of carbonyl (C=O) groups is 3. The van der Waals surface area contributed by atoms with Gasteiger partial charge >= 0.3 is 0 Å². The van der Waals surface area contributed by atoms with Gasteiger partial charge in [-0.25, -0.2) is 0 Å². The summed E-state index contributed by atoms with van der Waals surface area (Å²) in [5.41, 5.74) is 3.79. The van der Waals surface area contributed by atoms with E-state index in [4.69, 9.17) is 17.3 Å². The zero-order valence-corrected chi connectivity index (χ0v) is 22.2. The van der Waals surface area contributed by atoms with Gasteiger partial charge in [0.1, 0.15) is 22.8 Å². The molecule has 2 aromatic carbocycles. The van der Waals surface area contributed by atoms with Gasteiger partial charge in [0.15, 0.2) is 11.4 Å². The van der Waals surface area contributed by atoms with Gasteiger partial charge in [0.05, 0.1) is 5.56 Å². The van der Waals surface area contributed by atoms with E-state index < -0.39 is 52.0 Å². The molecule has 0 spiro atoms. The third-order valence-corrected chi connectivity index (χ3v) is 8.91. The first-order chi connectivity index (χ1) is 18.4. The molecule has 3 aliphatic carbocycles. The number of phenolic OH excluding ortho intramolecular Hbond substituents is 1. The zero-order valence-electron chi connectivity index (χ0n) is 21.4. The topological polar surface area (TPSA) is 161 Å². The lowest BCUT2D eigenvalue weighted by atomic mass is 9.59. The van der Waals surface area contributed by atoms with Crippen molar-refractivity contribution in [3.05, 3.63) is 80.6 Å². The number of ketones is 2. The molecular weight excluding hydrogens is 524 g/mol. The SMILES string of the molecule is CC(c1ccccc1)N(C)Cc1cc(O)c2c(c1Cl)CC1C[C@H]3CC(=O)C(C(N)=O)=C(O)[C@@]3(O)C(=O)C1=C2O. The van der Waals surface area contributed by atoms with Gasteiger partial charge < -0.3 is 26.2 Å². The van der Waals surface area contributed by atoms with Gasteiger partial charge in [0, 0.05) is 35.5 Å². The Morgan fingerprint density at radius 3 is 2.49 bits per heavy atom. The van der Waals surface area contributed by atoms with E-state index in [1.54, 1.807) is 0 Å². The predicted molar refractivity (Wildman–Crippen MR) is 143 cm³/mol. The number of aromatic hydroxyl groups is 1. The number of primary amides is 1. The van der Waals surface area contributed by atoms with E-state index in [2.05, 4.69) is 11.8 Å². The minimum atomic E-state index is -2.59. The van der Waals surface area contributed by atoms with Crippen LogP contribution in [-0.4, -0.2) is 55.4 Å². The molecule has 4 atom stereocenters. The molecule has 2 aromatic rings. The second-order valence-electron chi connectivity index (χ2n) is 10.6. The Hall–Kier alpha value is -3.66. The van der Waals surface area contributed by atoms with Crippen LogP contribution in [0.3, 0.4) is 0 Å². The third kappa shape index (κ3) is 4.04. The number of hydrogen-bond acceptors (Lipinski definition) is 8. The van der Waals surface area contributed by atoms with Crippen LogP contribution < -0.4 is 5.73 Å². The van der Waals surface area contributed by atoms with Crippen LogP contribution in [0.25, 0.3) is 5.76 Å². The smallest absolute Gasteiger partial charge is 0.255 e. The van der Waals surface area contributed by atoms with E-state index in [0.29, 0.717) is 22.7 Å². The monoisotopic (exact) mass is 552 g/mol. The minimum Gasteiger partial charge on any atom is -0.508 e. The summed E-state index contributed by atoms with van der Waals surface area (Å²) in [7, 11) is 1.93. The molecule has 0 bridgehead atoms. The number of nitrogens with two attached hydrogens (primary N) is 1. The first-order valence-corrected chi connectivity index (χ1v) is 13.0. The Morgan fingerprint density at radius 2 is 1.85 bits per heavy atom. The van der Waals surface area contributed by atoms with Crippen molar-refractivity contribution in [2.24, 2.45) is 17.6 Å². The fourth-order valence-corrected chi connectivity index (χ4v) is 6.52. The van der Waals surface area contributed by atoms with Gasteiger partial charge in [-0.1, -0.05) is 41.9 Å². The van der Waals surface area contributed by atoms with Crippen LogP contribution in [0.15, 0.2) is 53.3 Å². The number of hydrogen-bond donors (Lipinski definition) is 5. The van der Waals surface area contributed by atoms with Gasteiger partial charge in [-0.05, 0) is 55.5 Å². The lowest BCUT2D eigenvalue weighted by Gasteiger charge is -2.46. The van der Waals surface area contributed by atoms with Gasteiger partial charge in [-0.15, -0.1) is 0 Å². The van der Waals surface area contributed by atoms with Gasteiger partial charge in [-0.3, -0.25) is 19.3 Å². The fraction of sp³-hybridized carbons (Fsp3) is 0.345. The van der Waals surface area contributed by atoms with Crippen molar-refractivity contribution in [3.8, 4) is 5.75 Å². The number of halogens is 1. The van der Waals surface area contributed by atoms with Gasteiger partial charge in [0.2, 0.25) is 5.78 Å². The molecule has 6 N–H and O–H groups in total. The van der Waals surface area contributed by atoms with Gasteiger partial charge in [0.25, 0.3) is 5.91 Å². The maximum atomic E-state index is 13.6. The lowest BCUT2D eigenvalue weighted by Crippen LogP contribution is -2.58.